The van der Waals surface area contributed by atoms with Crippen LogP contribution in [0.15, 0.2) is 97.2 Å². The van der Waals surface area contributed by atoms with Crippen molar-refractivity contribution >= 4 is 11.9 Å². The normalized spacial score (nSPS) is 14.0. The monoisotopic (exact) mass is 918 g/mol. The second-order valence-electron chi connectivity index (χ2n) is 18.2. The second kappa shape index (κ2) is 52.7. The highest BCUT2D eigenvalue weighted by molar-refractivity contribution is 5.78. The van der Waals surface area contributed by atoms with Gasteiger partial charge in [0.05, 0.1) is 25.2 Å². The second-order valence-corrected chi connectivity index (χ2v) is 18.2. The fraction of sp³-hybridized carbons (Fsp3) is 0.700. The predicted octanol–water partition coefficient (Wildman–Crippen LogP) is 16.9. The van der Waals surface area contributed by atoms with Crippen molar-refractivity contribution in [1.82, 2.24) is 5.32 Å². The van der Waals surface area contributed by atoms with Crippen LogP contribution in [0.5, 0.6) is 0 Å². The molecule has 0 spiro atoms. The number of amides is 1. The van der Waals surface area contributed by atoms with E-state index >= 15 is 0 Å². The number of allylic oxidation sites excluding steroid dienone is 15. The first-order valence-corrected chi connectivity index (χ1v) is 27.5. The van der Waals surface area contributed by atoms with Gasteiger partial charge in [-0.15, -0.1) is 0 Å². The van der Waals surface area contributed by atoms with Gasteiger partial charge in [-0.25, -0.2) is 0 Å². The van der Waals surface area contributed by atoms with Gasteiger partial charge in [-0.3, -0.25) is 9.59 Å². The highest BCUT2D eigenvalue weighted by Gasteiger charge is 2.23. The molecule has 0 saturated heterocycles. The highest BCUT2D eigenvalue weighted by atomic mass is 16.5. The number of aliphatic hydroxyl groups excluding tert-OH is 2. The molecule has 0 heterocycles. The molecule has 0 aliphatic rings. The van der Waals surface area contributed by atoms with E-state index in [2.05, 4.69) is 105 Å². The number of carbonyl (C=O) groups excluding carboxylic acids is 2. The maximum Gasteiger partial charge on any atom is 0.306 e. The maximum atomic E-state index is 13.2. The van der Waals surface area contributed by atoms with Crippen LogP contribution in [0, 0.1) is 0 Å². The Kier molecular flexibility index (Phi) is 50.2. The van der Waals surface area contributed by atoms with Gasteiger partial charge < -0.3 is 20.3 Å². The molecule has 0 bridgehead atoms. The highest BCUT2D eigenvalue weighted by Crippen LogP contribution is 2.16. The Morgan fingerprint density at radius 1 is 0.470 bits per heavy atom. The first-order chi connectivity index (χ1) is 32.5. The van der Waals surface area contributed by atoms with Crippen molar-refractivity contribution in [3.63, 3.8) is 0 Å². The summed E-state index contributed by atoms with van der Waals surface area (Å²) in [5, 5.41) is 23.8. The first kappa shape index (κ1) is 62.8. The van der Waals surface area contributed by atoms with E-state index in [0.717, 1.165) is 64.2 Å². The fourth-order valence-corrected chi connectivity index (χ4v) is 7.77. The van der Waals surface area contributed by atoms with Gasteiger partial charge in [-0.05, 0) is 76.7 Å². The standard InChI is InChI=1S/C60H103NO5/c1-4-7-10-13-16-19-22-25-27-29-31-34-36-39-42-45-48-51-56(66-60(65)53-50-47-44-41-38-33-24-21-18-15-12-9-6-3)54-59(64)61-57(55-62)58(63)52-49-46-43-40-37-35-32-30-28-26-23-20-17-14-11-8-5-2/h7,10,16,19,25,27,31,33-34,38-39,42,44,47-48,51,56-58,62-63H,4-6,8-9,11-15,17-18,20-24,26,28-30,32,35-37,40-41,43,45-46,49-50,52-55H2,1-3H3,(H,61,64)/b10-7-,19-16-,27-25-,34-31-,38-33-,42-39-,47-44+,51-48-. The molecule has 1 amide bonds. The Morgan fingerprint density at radius 2 is 0.848 bits per heavy atom. The lowest BCUT2D eigenvalue weighted by atomic mass is 10.0. The van der Waals surface area contributed by atoms with Gasteiger partial charge in [0, 0.05) is 6.42 Å². The van der Waals surface area contributed by atoms with Crippen molar-refractivity contribution in [3.8, 4) is 0 Å². The summed E-state index contributed by atoms with van der Waals surface area (Å²) in [6.45, 7) is 6.32. The van der Waals surface area contributed by atoms with Gasteiger partial charge in [0.2, 0.25) is 5.91 Å². The zero-order valence-electron chi connectivity index (χ0n) is 43.0. The topological polar surface area (TPSA) is 95.9 Å². The van der Waals surface area contributed by atoms with Gasteiger partial charge in [0.25, 0.3) is 0 Å². The van der Waals surface area contributed by atoms with E-state index < -0.39 is 18.2 Å². The Morgan fingerprint density at radius 3 is 1.29 bits per heavy atom. The number of esters is 1. The molecular formula is C60H103NO5. The minimum absolute atomic E-state index is 0.0739. The number of hydrogen-bond donors (Lipinski definition) is 3. The van der Waals surface area contributed by atoms with Crippen LogP contribution in [0.25, 0.3) is 0 Å². The van der Waals surface area contributed by atoms with Crippen LogP contribution in [0.2, 0.25) is 0 Å². The van der Waals surface area contributed by atoms with Crippen molar-refractivity contribution < 1.29 is 24.5 Å². The number of rotatable bonds is 48. The molecule has 0 aliphatic carbocycles. The molecule has 3 atom stereocenters. The molecule has 66 heavy (non-hydrogen) atoms. The Labute approximate surface area is 407 Å². The summed E-state index contributed by atoms with van der Waals surface area (Å²) in [5.74, 6) is -0.714. The molecule has 0 radical (unpaired) electrons. The van der Waals surface area contributed by atoms with Crippen LogP contribution in [0.3, 0.4) is 0 Å². The van der Waals surface area contributed by atoms with Gasteiger partial charge in [-0.1, -0.05) is 253 Å². The van der Waals surface area contributed by atoms with Gasteiger partial charge in [0.1, 0.15) is 6.10 Å². The molecule has 6 heteroatoms. The van der Waals surface area contributed by atoms with Gasteiger partial charge in [-0.2, -0.15) is 0 Å². The van der Waals surface area contributed by atoms with Crippen LogP contribution in [-0.2, 0) is 14.3 Å². The predicted molar refractivity (Wildman–Crippen MR) is 287 cm³/mol. The molecule has 0 saturated carbocycles. The van der Waals surface area contributed by atoms with Crippen molar-refractivity contribution in [1.29, 1.82) is 0 Å². The average molecular weight is 918 g/mol. The lowest BCUT2D eigenvalue weighted by Crippen LogP contribution is -2.46. The van der Waals surface area contributed by atoms with Crippen LogP contribution in [0.4, 0.5) is 0 Å². The number of ether oxygens (including phenoxy) is 1. The SMILES string of the molecule is CC/C=C\C/C=C\C/C=C\C/C=C\C/C=C\C/C=C\C(CC(=O)NC(CO)C(O)CCCCCCCCCCCCCCCCCCC)OC(=O)CC/C=C/C/C=C\CCCCCCCC. The Hall–Kier alpha value is -3.22. The molecule has 0 aromatic carbocycles. The third kappa shape index (κ3) is 47.3. The summed E-state index contributed by atoms with van der Waals surface area (Å²) in [5.41, 5.74) is 0. The Bertz CT molecular complexity index is 1310. The number of carbonyl (C=O) groups is 2. The fourth-order valence-electron chi connectivity index (χ4n) is 7.77. The number of hydrogen-bond acceptors (Lipinski definition) is 5. The van der Waals surface area contributed by atoms with E-state index in [1.807, 2.05) is 12.2 Å². The van der Waals surface area contributed by atoms with E-state index in [1.165, 1.54) is 128 Å². The summed E-state index contributed by atoms with van der Waals surface area (Å²) in [4.78, 5) is 26.1. The van der Waals surface area contributed by atoms with E-state index in [9.17, 15) is 19.8 Å². The van der Waals surface area contributed by atoms with Crippen LogP contribution in [0.1, 0.15) is 245 Å². The van der Waals surface area contributed by atoms with Crippen molar-refractivity contribution in [2.45, 2.75) is 264 Å². The molecule has 0 aromatic rings. The number of unbranched alkanes of at least 4 members (excludes halogenated alkanes) is 22. The van der Waals surface area contributed by atoms with Crippen molar-refractivity contribution in [2.24, 2.45) is 0 Å². The average Bonchev–Trinajstić information content (AvgIpc) is 3.31. The Balaban J connectivity index is 4.77. The molecular weight excluding hydrogens is 815 g/mol. The van der Waals surface area contributed by atoms with Gasteiger partial charge in [0.15, 0.2) is 0 Å². The summed E-state index contributed by atoms with van der Waals surface area (Å²) in [6, 6.07) is -0.759. The first-order valence-electron chi connectivity index (χ1n) is 27.5. The molecule has 0 fully saturated rings. The van der Waals surface area contributed by atoms with E-state index in [1.54, 1.807) is 6.08 Å². The molecule has 0 aromatic heterocycles. The smallest absolute Gasteiger partial charge is 0.306 e. The molecule has 3 unspecified atom stereocenters. The zero-order chi connectivity index (χ0) is 48.1. The van der Waals surface area contributed by atoms with Crippen LogP contribution >= 0.6 is 0 Å². The van der Waals surface area contributed by atoms with E-state index in [4.69, 9.17) is 4.74 Å². The molecule has 0 aliphatic heterocycles. The lowest BCUT2D eigenvalue weighted by molar-refractivity contribution is -0.148. The quantitative estimate of drug-likeness (QED) is 0.0321. The summed E-state index contributed by atoms with van der Waals surface area (Å²) in [6.07, 6.45) is 70.8. The summed E-state index contributed by atoms with van der Waals surface area (Å²) in [7, 11) is 0. The third-order valence-corrected chi connectivity index (χ3v) is 11.9. The van der Waals surface area contributed by atoms with Gasteiger partial charge >= 0.3 is 5.97 Å². The van der Waals surface area contributed by atoms with E-state index in [0.29, 0.717) is 19.3 Å². The third-order valence-electron chi connectivity index (χ3n) is 11.9. The molecule has 6 nitrogen and oxygen atoms in total. The minimum Gasteiger partial charge on any atom is -0.458 e. The zero-order valence-corrected chi connectivity index (χ0v) is 43.0. The molecule has 3 N–H and O–H groups in total. The maximum absolute atomic E-state index is 13.2. The van der Waals surface area contributed by atoms with Crippen molar-refractivity contribution in [3.05, 3.63) is 97.2 Å². The molecule has 378 valence electrons. The number of aliphatic hydroxyl groups is 2. The van der Waals surface area contributed by atoms with Crippen LogP contribution in [-0.4, -0.2) is 46.9 Å². The largest absolute Gasteiger partial charge is 0.458 e. The summed E-state index contributed by atoms with van der Waals surface area (Å²) >= 11 is 0. The van der Waals surface area contributed by atoms with Crippen molar-refractivity contribution in [2.75, 3.05) is 6.61 Å². The minimum atomic E-state index is -0.834. The molecule has 0 rings (SSSR count). The lowest BCUT2D eigenvalue weighted by Gasteiger charge is -2.23. The summed E-state index contributed by atoms with van der Waals surface area (Å²) < 4.78 is 5.79. The number of nitrogens with one attached hydrogen (secondary N) is 1. The van der Waals surface area contributed by atoms with Crippen LogP contribution < -0.4 is 5.32 Å². The van der Waals surface area contributed by atoms with E-state index in [-0.39, 0.29) is 31.3 Å².